The Bertz CT molecular complexity index is 230. The quantitative estimate of drug-likeness (QED) is 0.451. The standard InChI is InChI=1S/C6H15NO5S/c1-6(2,8)11-4-3-5-12-13(7,9)10/h8H,3-5H2,1-2H3,(H2,7,9,10). The second kappa shape index (κ2) is 4.87. The van der Waals surface area contributed by atoms with E-state index >= 15 is 0 Å². The Hall–Kier alpha value is -0.210. The lowest BCUT2D eigenvalue weighted by atomic mass is 10.4. The van der Waals surface area contributed by atoms with E-state index in [-0.39, 0.29) is 13.2 Å². The average Bonchev–Trinajstić information content (AvgIpc) is 1.81. The molecular formula is C6H15NO5S. The van der Waals surface area contributed by atoms with Gasteiger partial charge in [0.15, 0.2) is 5.79 Å². The van der Waals surface area contributed by atoms with Crippen LogP contribution in [0.1, 0.15) is 20.3 Å². The summed E-state index contributed by atoms with van der Waals surface area (Å²) in [5, 5.41) is 13.6. The molecule has 0 bridgehead atoms. The topological polar surface area (TPSA) is 98.8 Å². The van der Waals surface area contributed by atoms with Crippen molar-refractivity contribution in [2.24, 2.45) is 5.14 Å². The Morgan fingerprint density at radius 2 is 1.92 bits per heavy atom. The average molecular weight is 213 g/mol. The first-order chi connectivity index (χ1) is 5.71. The van der Waals surface area contributed by atoms with Gasteiger partial charge in [0.05, 0.1) is 13.2 Å². The van der Waals surface area contributed by atoms with Gasteiger partial charge < -0.3 is 9.84 Å². The highest BCUT2D eigenvalue weighted by Crippen LogP contribution is 2.03. The zero-order valence-electron chi connectivity index (χ0n) is 7.69. The van der Waals surface area contributed by atoms with Crippen molar-refractivity contribution in [2.75, 3.05) is 13.2 Å². The molecule has 0 spiro atoms. The smallest absolute Gasteiger partial charge is 0.333 e. The molecule has 0 saturated heterocycles. The number of hydrogen-bond acceptors (Lipinski definition) is 5. The van der Waals surface area contributed by atoms with Gasteiger partial charge >= 0.3 is 10.3 Å². The third-order valence-electron chi connectivity index (χ3n) is 0.992. The molecule has 0 fully saturated rings. The van der Waals surface area contributed by atoms with Crippen LogP contribution in [-0.2, 0) is 19.2 Å². The van der Waals surface area contributed by atoms with E-state index in [0.717, 1.165) is 0 Å². The number of rotatable bonds is 6. The van der Waals surface area contributed by atoms with E-state index in [9.17, 15) is 8.42 Å². The van der Waals surface area contributed by atoms with Crippen molar-refractivity contribution in [1.82, 2.24) is 0 Å². The fourth-order valence-electron chi connectivity index (χ4n) is 0.556. The molecule has 0 amide bonds. The summed E-state index contributed by atoms with van der Waals surface area (Å²) >= 11 is 0. The van der Waals surface area contributed by atoms with Crippen LogP contribution in [0.25, 0.3) is 0 Å². The summed E-state index contributed by atoms with van der Waals surface area (Å²) < 4.78 is 29.6. The summed E-state index contributed by atoms with van der Waals surface area (Å²) in [4.78, 5) is 0. The van der Waals surface area contributed by atoms with Crippen LogP contribution in [0.3, 0.4) is 0 Å². The van der Waals surface area contributed by atoms with Crippen LogP contribution in [0.5, 0.6) is 0 Å². The van der Waals surface area contributed by atoms with Crippen LogP contribution in [0, 0.1) is 0 Å². The molecule has 0 radical (unpaired) electrons. The molecule has 0 unspecified atom stereocenters. The summed E-state index contributed by atoms with van der Waals surface area (Å²) in [7, 11) is -3.86. The van der Waals surface area contributed by atoms with Gasteiger partial charge in [-0.25, -0.2) is 5.14 Å². The third-order valence-corrected chi connectivity index (χ3v) is 1.49. The minimum atomic E-state index is -3.86. The van der Waals surface area contributed by atoms with Crippen molar-refractivity contribution in [3.63, 3.8) is 0 Å². The fourth-order valence-corrected chi connectivity index (χ4v) is 0.906. The molecule has 0 rings (SSSR count). The predicted molar refractivity (Wildman–Crippen MR) is 45.9 cm³/mol. The molecule has 0 aromatic rings. The maximum atomic E-state index is 10.3. The molecule has 0 atom stereocenters. The molecule has 6 nitrogen and oxygen atoms in total. The van der Waals surface area contributed by atoms with Crippen molar-refractivity contribution in [3.05, 3.63) is 0 Å². The molecule has 0 aliphatic rings. The fraction of sp³-hybridized carbons (Fsp3) is 1.00. The molecule has 0 aromatic carbocycles. The monoisotopic (exact) mass is 213 g/mol. The van der Waals surface area contributed by atoms with Crippen molar-refractivity contribution >= 4 is 10.3 Å². The summed E-state index contributed by atoms with van der Waals surface area (Å²) in [6, 6.07) is 0. The first kappa shape index (κ1) is 12.8. The van der Waals surface area contributed by atoms with Crippen molar-refractivity contribution in [1.29, 1.82) is 0 Å². The van der Waals surface area contributed by atoms with Gasteiger partial charge in [0.2, 0.25) is 0 Å². The highest BCUT2D eigenvalue weighted by Gasteiger charge is 2.11. The Labute approximate surface area is 77.9 Å². The normalized spacial score (nSPS) is 13.2. The second-order valence-corrected chi connectivity index (χ2v) is 4.18. The Kier molecular flexibility index (Phi) is 4.79. The highest BCUT2D eigenvalue weighted by molar-refractivity contribution is 7.84. The van der Waals surface area contributed by atoms with E-state index in [1.54, 1.807) is 0 Å². The van der Waals surface area contributed by atoms with Crippen LogP contribution in [0.4, 0.5) is 0 Å². The Morgan fingerprint density at radius 3 is 2.31 bits per heavy atom. The zero-order valence-corrected chi connectivity index (χ0v) is 8.50. The molecule has 3 N–H and O–H groups in total. The van der Waals surface area contributed by atoms with Gasteiger partial charge in [0.1, 0.15) is 0 Å². The van der Waals surface area contributed by atoms with Crippen LogP contribution in [0.15, 0.2) is 0 Å². The highest BCUT2D eigenvalue weighted by atomic mass is 32.2. The molecule has 0 saturated carbocycles. The lowest BCUT2D eigenvalue weighted by molar-refractivity contribution is -0.176. The van der Waals surface area contributed by atoms with Gasteiger partial charge in [0, 0.05) is 0 Å². The SMILES string of the molecule is CC(C)(O)OCCCOS(N)(=O)=O. The summed E-state index contributed by atoms with van der Waals surface area (Å²) in [6.07, 6.45) is 0.348. The minimum absolute atomic E-state index is 0.0467. The van der Waals surface area contributed by atoms with Gasteiger partial charge in [-0.1, -0.05) is 0 Å². The predicted octanol–water partition coefficient (Wildman–Crippen LogP) is -0.658. The van der Waals surface area contributed by atoms with Gasteiger partial charge in [-0.2, -0.15) is 8.42 Å². The number of aliphatic hydroxyl groups is 1. The minimum Gasteiger partial charge on any atom is -0.366 e. The maximum Gasteiger partial charge on any atom is 0.333 e. The molecule has 0 aliphatic heterocycles. The van der Waals surface area contributed by atoms with Crippen LogP contribution in [0.2, 0.25) is 0 Å². The molecule has 0 aromatic heterocycles. The lowest BCUT2D eigenvalue weighted by Gasteiger charge is -2.17. The van der Waals surface area contributed by atoms with Gasteiger partial charge in [-0.05, 0) is 20.3 Å². The molecule has 13 heavy (non-hydrogen) atoms. The number of ether oxygens (including phenoxy) is 1. The first-order valence-corrected chi connectivity index (χ1v) is 5.21. The maximum absolute atomic E-state index is 10.3. The van der Waals surface area contributed by atoms with E-state index in [2.05, 4.69) is 9.32 Å². The largest absolute Gasteiger partial charge is 0.366 e. The number of hydrogen-bond donors (Lipinski definition) is 2. The third kappa shape index (κ3) is 11.8. The molecule has 0 heterocycles. The summed E-state index contributed by atoms with van der Waals surface area (Å²) in [5.41, 5.74) is 0. The van der Waals surface area contributed by atoms with Crippen LogP contribution < -0.4 is 5.14 Å². The number of nitrogens with two attached hydrogens (primary N) is 1. The summed E-state index contributed by atoms with van der Waals surface area (Å²) in [5.74, 6) is -1.21. The second-order valence-electron chi connectivity index (χ2n) is 2.96. The first-order valence-electron chi connectivity index (χ1n) is 3.74. The zero-order chi connectivity index (χ0) is 10.5. The van der Waals surface area contributed by atoms with Crippen LogP contribution in [-0.4, -0.2) is 32.5 Å². The van der Waals surface area contributed by atoms with Gasteiger partial charge in [-0.15, -0.1) is 0 Å². The Morgan fingerprint density at radius 1 is 1.38 bits per heavy atom. The van der Waals surface area contributed by atoms with Crippen molar-refractivity contribution < 1.29 is 22.4 Å². The van der Waals surface area contributed by atoms with E-state index in [1.807, 2.05) is 0 Å². The van der Waals surface area contributed by atoms with Gasteiger partial charge in [0.25, 0.3) is 0 Å². The van der Waals surface area contributed by atoms with Crippen molar-refractivity contribution in [2.45, 2.75) is 26.1 Å². The van der Waals surface area contributed by atoms with E-state index in [4.69, 9.17) is 9.84 Å². The van der Waals surface area contributed by atoms with E-state index in [0.29, 0.717) is 6.42 Å². The van der Waals surface area contributed by atoms with Crippen LogP contribution >= 0.6 is 0 Å². The molecule has 0 aliphatic carbocycles. The lowest BCUT2D eigenvalue weighted by Crippen LogP contribution is -2.24. The van der Waals surface area contributed by atoms with E-state index < -0.39 is 16.1 Å². The van der Waals surface area contributed by atoms with Gasteiger partial charge in [-0.3, -0.25) is 4.18 Å². The molecular weight excluding hydrogens is 198 g/mol. The van der Waals surface area contributed by atoms with E-state index in [1.165, 1.54) is 13.8 Å². The van der Waals surface area contributed by atoms with Crippen molar-refractivity contribution in [3.8, 4) is 0 Å². The molecule has 80 valence electrons. The Balaban J connectivity index is 3.39. The molecule has 7 heteroatoms. The summed E-state index contributed by atoms with van der Waals surface area (Å²) in [6.45, 7) is 3.12.